The Labute approximate surface area is 145 Å². The van der Waals surface area contributed by atoms with Crippen molar-refractivity contribution in [3.8, 4) is 11.3 Å². The second-order valence-electron chi connectivity index (χ2n) is 6.26. The third kappa shape index (κ3) is 2.88. The van der Waals surface area contributed by atoms with Gasteiger partial charge in [0.05, 0.1) is 37.6 Å². The van der Waals surface area contributed by atoms with Gasteiger partial charge in [0.15, 0.2) is 0 Å². The van der Waals surface area contributed by atoms with E-state index in [2.05, 4.69) is 5.10 Å². The highest BCUT2D eigenvalue weighted by Gasteiger charge is 2.44. The Bertz CT molecular complexity index is 850. The molecular formula is C16H16F3N3O4. The summed E-state index contributed by atoms with van der Waals surface area (Å²) in [6, 6.07) is 0. The molecule has 0 aromatic carbocycles. The van der Waals surface area contributed by atoms with Crippen molar-refractivity contribution < 1.29 is 31.9 Å². The van der Waals surface area contributed by atoms with Gasteiger partial charge in [-0.3, -0.25) is 9.48 Å². The number of halogens is 3. The maximum absolute atomic E-state index is 13.6. The lowest BCUT2D eigenvalue weighted by atomic mass is 9.93. The van der Waals surface area contributed by atoms with Crippen LogP contribution in [0.3, 0.4) is 0 Å². The Morgan fingerprint density at radius 3 is 2.81 bits per heavy atom. The molecule has 1 saturated heterocycles. The van der Waals surface area contributed by atoms with Gasteiger partial charge in [0.2, 0.25) is 5.76 Å². The summed E-state index contributed by atoms with van der Waals surface area (Å²) in [5, 5.41) is 4.30. The fourth-order valence-corrected chi connectivity index (χ4v) is 3.40. The molecule has 0 bridgehead atoms. The molecule has 1 aliphatic heterocycles. The summed E-state index contributed by atoms with van der Waals surface area (Å²) < 4.78 is 58.3. The van der Waals surface area contributed by atoms with Gasteiger partial charge in [0, 0.05) is 12.6 Å². The Morgan fingerprint density at radius 2 is 2.15 bits per heavy atom. The second-order valence-corrected chi connectivity index (χ2v) is 6.26. The lowest BCUT2D eigenvalue weighted by Gasteiger charge is -2.22. The summed E-state index contributed by atoms with van der Waals surface area (Å²) in [6.07, 6.45) is -2.58. The number of rotatable bonds is 3. The van der Waals surface area contributed by atoms with Gasteiger partial charge in [-0.2, -0.15) is 18.3 Å². The van der Waals surface area contributed by atoms with E-state index in [4.69, 9.17) is 19.6 Å². The lowest BCUT2D eigenvalue weighted by Crippen LogP contribution is -2.32. The highest BCUT2D eigenvalue weighted by molar-refractivity contribution is 5.94. The van der Waals surface area contributed by atoms with E-state index in [1.54, 1.807) is 10.9 Å². The summed E-state index contributed by atoms with van der Waals surface area (Å²) in [4.78, 5) is 11.4. The number of aryl methyl sites for hydroxylation is 2. The maximum Gasteiger partial charge on any atom is 0.420 e. The van der Waals surface area contributed by atoms with Gasteiger partial charge >= 0.3 is 6.18 Å². The summed E-state index contributed by atoms with van der Waals surface area (Å²) in [5.41, 5.74) is 4.58. The molecule has 2 aliphatic rings. The Morgan fingerprint density at radius 1 is 1.35 bits per heavy atom. The van der Waals surface area contributed by atoms with E-state index < -0.39 is 23.4 Å². The van der Waals surface area contributed by atoms with E-state index in [1.165, 1.54) is 0 Å². The molecule has 1 aliphatic carbocycles. The number of primary amides is 1. The Balaban J connectivity index is 1.75. The van der Waals surface area contributed by atoms with Crippen molar-refractivity contribution in [3.05, 3.63) is 28.8 Å². The van der Waals surface area contributed by atoms with Gasteiger partial charge in [-0.1, -0.05) is 0 Å². The predicted molar refractivity (Wildman–Crippen MR) is 81.4 cm³/mol. The highest BCUT2D eigenvalue weighted by Crippen LogP contribution is 2.45. The minimum absolute atomic E-state index is 0.0844. The summed E-state index contributed by atoms with van der Waals surface area (Å²) in [7, 11) is 0. The van der Waals surface area contributed by atoms with Gasteiger partial charge in [-0.05, 0) is 12.0 Å². The average molecular weight is 371 g/mol. The van der Waals surface area contributed by atoms with Crippen LogP contribution in [0.4, 0.5) is 13.2 Å². The SMILES string of the molecule is NC(=O)c1oc2c(c1C(F)(F)F)-c1nn(C[C@@H]3COCCO3)cc1CC2. The third-order valence-electron chi connectivity index (χ3n) is 4.46. The molecule has 2 N–H and O–H groups in total. The van der Waals surface area contributed by atoms with Crippen LogP contribution >= 0.6 is 0 Å². The van der Waals surface area contributed by atoms with Crippen molar-refractivity contribution in [2.75, 3.05) is 19.8 Å². The van der Waals surface area contributed by atoms with E-state index in [-0.39, 0.29) is 29.5 Å². The molecule has 0 spiro atoms. The van der Waals surface area contributed by atoms with Crippen LogP contribution in [0.5, 0.6) is 0 Å². The molecule has 2 aromatic rings. The fraction of sp³-hybridized carbons (Fsp3) is 0.500. The molecule has 3 heterocycles. The standard InChI is InChI=1S/C16H16F3N3O4/c17-16(18,19)12-11-10(26-14(12)15(20)23)2-1-8-5-22(21-13(8)11)6-9-7-24-3-4-25-9/h5,9H,1-4,6-7H2,(H2,20,23)/t9-/m1/s1. The number of nitrogens with two attached hydrogens (primary N) is 1. The first-order chi connectivity index (χ1) is 12.3. The monoisotopic (exact) mass is 371 g/mol. The van der Waals surface area contributed by atoms with Crippen LogP contribution in [-0.4, -0.2) is 41.6 Å². The van der Waals surface area contributed by atoms with Crippen LogP contribution in [0.2, 0.25) is 0 Å². The molecule has 10 heteroatoms. The molecule has 2 aromatic heterocycles. The summed E-state index contributed by atoms with van der Waals surface area (Å²) in [6.45, 7) is 1.76. The number of hydrogen-bond donors (Lipinski definition) is 1. The first-order valence-corrected chi connectivity index (χ1v) is 8.13. The van der Waals surface area contributed by atoms with E-state index in [9.17, 15) is 18.0 Å². The summed E-state index contributed by atoms with van der Waals surface area (Å²) in [5.74, 6) is -2.03. The largest absolute Gasteiger partial charge is 0.455 e. The van der Waals surface area contributed by atoms with Gasteiger partial charge in [0.1, 0.15) is 17.4 Å². The Kier molecular flexibility index (Phi) is 4.03. The number of fused-ring (bicyclic) bond motifs is 3. The third-order valence-corrected chi connectivity index (χ3v) is 4.46. The minimum Gasteiger partial charge on any atom is -0.455 e. The topological polar surface area (TPSA) is 92.5 Å². The number of carbonyl (C=O) groups is 1. The van der Waals surface area contributed by atoms with Crippen molar-refractivity contribution in [3.63, 3.8) is 0 Å². The van der Waals surface area contributed by atoms with Crippen molar-refractivity contribution >= 4 is 5.91 Å². The highest BCUT2D eigenvalue weighted by atomic mass is 19.4. The van der Waals surface area contributed by atoms with Crippen molar-refractivity contribution in [1.29, 1.82) is 0 Å². The molecule has 140 valence electrons. The quantitative estimate of drug-likeness (QED) is 0.888. The second kappa shape index (κ2) is 6.13. The minimum atomic E-state index is -4.78. The lowest BCUT2D eigenvalue weighted by molar-refractivity contribution is -0.137. The van der Waals surface area contributed by atoms with Gasteiger partial charge < -0.3 is 19.6 Å². The maximum atomic E-state index is 13.6. The number of hydrogen-bond acceptors (Lipinski definition) is 5. The van der Waals surface area contributed by atoms with Crippen molar-refractivity contribution in [1.82, 2.24) is 9.78 Å². The van der Waals surface area contributed by atoms with Crippen LogP contribution in [0.1, 0.15) is 27.4 Å². The molecule has 1 atom stereocenters. The van der Waals surface area contributed by atoms with Crippen molar-refractivity contribution in [2.45, 2.75) is 31.7 Å². The molecule has 26 heavy (non-hydrogen) atoms. The zero-order valence-electron chi connectivity index (χ0n) is 13.6. The number of aromatic nitrogens is 2. The van der Waals surface area contributed by atoms with E-state index in [1.807, 2.05) is 0 Å². The van der Waals surface area contributed by atoms with E-state index in [0.717, 1.165) is 0 Å². The van der Waals surface area contributed by atoms with Crippen LogP contribution < -0.4 is 5.73 Å². The van der Waals surface area contributed by atoms with Gasteiger partial charge in [-0.25, -0.2) is 0 Å². The number of nitrogens with zero attached hydrogens (tertiary/aromatic N) is 2. The first-order valence-electron chi connectivity index (χ1n) is 8.13. The molecule has 1 amide bonds. The van der Waals surface area contributed by atoms with E-state index in [0.29, 0.717) is 38.3 Å². The molecule has 1 fully saturated rings. The van der Waals surface area contributed by atoms with Crippen LogP contribution in [0.25, 0.3) is 11.3 Å². The predicted octanol–water partition coefficient (Wildman–Crippen LogP) is 1.77. The fourth-order valence-electron chi connectivity index (χ4n) is 3.40. The molecule has 0 saturated carbocycles. The number of carbonyl (C=O) groups excluding carboxylic acids is 1. The Hall–Kier alpha value is -2.33. The molecule has 4 rings (SSSR count). The number of ether oxygens (including phenoxy) is 2. The number of amides is 1. The number of alkyl halides is 3. The normalized spacial score (nSPS) is 19.9. The van der Waals surface area contributed by atoms with E-state index >= 15 is 0 Å². The molecule has 0 unspecified atom stereocenters. The van der Waals surface area contributed by atoms with Crippen LogP contribution in [-0.2, 0) is 35.0 Å². The first kappa shape index (κ1) is 17.1. The zero-order chi connectivity index (χ0) is 18.5. The summed E-state index contributed by atoms with van der Waals surface area (Å²) >= 11 is 0. The number of furan rings is 1. The van der Waals surface area contributed by atoms with Crippen molar-refractivity contribution in [2.24, 2.45) is 5.73 Å². The van der Waals surface area contributed by atoms with Crippen LogP contribution in [0.15, 0.2) is 10.6 Å². The van der Waals surface area contributed by atoms with Gasteiger partial charge in [0.25, 0.3) is 5.91 Å². The average Bonchev–Trinajstić information content (AvgIpc) is 3.15. The molecule has 0 radical (unpaired) electrons. The van der Waals surface area contributed by atoms with Crippen LogP contribution in [0, 0.1) is 0 Å². The molecular weight excluding hydrogens is 355 g/mol. The zero-order valence-corrected chi connectivity index (χ0v) is 13.6. The molecule has 7 nitrogen and oxygen atoms in total. The van der Waals surface area contributed by atoms with Gasteiger partial charge in [-0.15, -0.1) is 0 Å². The smallest absolute Gasteiger partial charge is 0.420 e.